The molecule has 1 aromatic rings. The molecule has 0 amide bonds. The monoisotopic (exact) mass is 330 g/mol. The second-order valence-electron chi connectivity index (χ2n) is 6.83. The van der Waals surface area contributed by atoms with E-state index in [0.29, 0.717) is 18.4 Å². The van der Waals surface area contributed by atoms with Crippen LogP contribution in [0.4, 0.5) is 4.39 Å². The second kappa shape index (κ2) is 7.52. The van der Waals surface area contributed by atoms with Gasteiger partial charge in [-0.25, -0.2) is 4.39 Å². The van der Waals surface area contributed by atoms with Crippen molar-refractivity contribution in [1.29, 1.82) is 0 Å². The molecule has 0 saturated carbocycles. The molecular formula is C19H24BFO3. The zero-order chi connectivity index (χ0) is 17.8. The van der Waals surface area contributed by atoms with Crippen molar-refractivity contribution in [1.82, 2.24) is 0 Å². The van der Waals surface area contributed by atoms with Crippen molar-refractivity contribution in [3.05, 3.63) is 41.1 Å². The van der Waals surface area contributed by atoms with E-state index in [2.05, 4.69) is 11.8 Å². The highest BCUT2D eigenvalue weighted by molar-refractivity contribution is 6.54. The van der Waals surface area contributed by atoms with Gasteiger partial charge in [-0.2, -0.15) is 0 Å². The van der Waals surface area contributed by atoms with Gasteiger partial charge in [0.15, 0.2) is 0 Å². The van der Waals surface area contributed by atoms with Gasteiger partial charge in [-0.3, -0.25) is 0 Å². The summed E-state index contributed by atoms with van der Waals surface area (Å²) in [5, 5.41) is 8.79. The van der Waals surface area contributed by atoms with Crippen LogP contribution < -0.4 is 0 Å². The van der Waals surface area contributed by atoms with Gasteiger partial charge in [0, 0.05) is 18.6 Å². The van der Waals surface area contributed by atoms with Gasteiger partial charge >= 0.3 is 7.12 Å². The van der Waals surface area contributed by atoms with E-state index < -0.39 is 24.0 Å². The quantitative estimate of drug-likeness (QED) is 0.519. The van der Waals surface area contributed by atoms with E-state index in [1.54, 1.807) is 6.07 Å². The molecule has 1 N–H and O–H groups in total. The van der Waals surface area contributed by atoms with Gasteiger partial charge in [-0.05, 0) is 51.8 Å². The summed E-state index contributed by atoms with van der Waals surface area (Å²) in [5.74, 6) is 6.01. The Labute approximate surface area is 144 Å². The van der Waals surface area contributed by atoms with Gasteiger partial charge in [0.2, 0.25) is 0 Å². The molecule has 2 rings (SSSR count). The van der Waals surface area contributed by atoms with Crippen LogP contribution in [-0.2, 0) is 9.31 Å². The lowest BCUT2D eigenvalue weighted by Gasteiger charge is -2.32. The Morgan fingerprint density at radius 2 is 1.83 bits per heavy atom. The molecule has 1 aromatic carbocycles. The van der Waals surface area contributed by atoms with Crippen LogP contribution in [0.15, 0.2) is 30.0 Å². The largest absolute Gasteiger partial charge is 0.525 e. The van der Waals surface area contributed by atoms with E-state index in [1.807, 2.05) is 45.9 Å². The summed E-state index contributed by atoms with van der Waals surface area (Å²) in [6.07, 6.45) is 2.65. The standard InChI is InChI=1S/C19H24BFO3/c1-18(2)19(3,4)24-20(23-18)17(21)14-16-12-8-7-11-15(16)10-6-5-9-13-22/h7-8,11-12,14,22H,5,9,13H2,1-4H3. The van der Waals surface area contributed by atoms with Crippen LogP contribution in [0.2, 0.25) is 0 Å². The maximum Gasteiger partial charge on any atom is 0.525 e. The molecule has 5 heteroatoms. The van der Waals surface area contributed by atoms with Crippen LogP contribution >= 0.6 is 0 Å². The van der Waals surface area contributed by atoms with Gasteiger partial charge in [0.25, 0.3) is 0 Å². The summed E-state index contributed by atoms with van der Waals surface area (Å²) in [4.78, 5) is 0. The predicted octanol–water partition coefficient (Wildman–Crippen LogP) is 3.75. The van der Waals surface area contributed by atoms with Crippen LogP contribution in [0.25, 0.3) is 6.08 Å². The Kier molecular flexibility index (Phi) is 5.87. The summed E-state index contributed by atoms with van der Waals surface area (Å²) in [5.41, 5.74) is -0.208. The average molecular weight is 330 g/mol. The van der Waals surface area contributed by atoms with E-state index in [9.17, 15) is 4.39 Å². The number of halogens is 1. The molecular weight excluding hydrogens is 306 g/mol. The first-order valence-electron chi connectivity index (χ1n) is 8.18. The molecule has 3 nitrogen and oxygen atoms in total. The molecule has 1 heterocycles. The van der Waals surface area contributed by atoms with Crippen molar-refractivity contribution in [3.8, 4) is 11.8 Å². The zero-order valence-electron chi connectivity index (χ0n) is 14.7. The van der Waals surface area contributed by atoms with Crippen LogP contribution in [0.5, 0.6) is 0 Å². The number of benzene rings is 1. The Balaban J connectivity index is 2.20. The van der Waals surface area contributed by atoms with Crippen molar-refractivity contribution in [2.45, 2.75) is 51.7 Å². The fourth-order valence-corrected chi connectivity index (χ4v) is 2.23. The highest BCUT2D eigenvalue weighted by atomic mass is 19.1. The fraction of sp³-hybridized carbons (Fsp3) is 0.474. The summed E-state index contributed by atoms with van der Waals surface area (Å²) in [7, 11) is -1.01. The number of hydrogen-bond acceptors (Lipinski definition) is 3. The van der Waals surface area contributed by atoms with Crippen LogP contribution in [0.1, 0.15) is 51.7 Å². The molecule has 0 bridgehead atoms. The molecule has 0 unspecified atom stereocenters. The smallest absolute Gasteiger partial charge is 0.398 e. The number of hydrogen-bond donors (Lipinski definition) is 1. The first-order valence-corrected chi connectivity index (χ1v) is 8.18. The summed E-state index contributed by atoms with van der Waals surface area (Å²) >= 11 is 0. The maximum atomic E-state index is 14.6. The van der Waals surface area contributed by atoms with Crippen LogP contribution in [-0.4, -0.2) is 30.0 Å². The number of unbranched alkanes of at least 4 members (excludes halogenated alkanes) is 1. The summed E-state index contributed by atoms with van der Waals surface area (Å²) in [6, 6.07) is 7.35. The molecule has 0 radical (unpaired) electrons. The van der Waals surface area contributed by atoms with Crippen LogP contribution in [0, 0.1) is 11.8 Å². The minimum atomic E-state index is -1.01. The molecule has 1 saturated heterocycles. The van der Waals surface area contributed by atoms with Crippen molar-refractivity contribution in [3.63, 3.8) is 0 Å². The van der Waals surface area contributed by atoms with E-state index in [0.717, 1.165) is 5.56 Å². The SMILES string of the molecule is CC1(C)OB(C(F)=Cc2ccccc2C#CCCCO)OC1(C)C. The van der Waals surface area contributed by atoms with Gasteiger partial charge in [-0.1, -0.05) is 30.0 Å². The lowest BCUT2D eigenvalue weighted by atomic mass is 9.86. The third kappa shape index (κ3) is 4.27. The number of rotatable bonds is 4. The Hall–Kier alpha value is -1.61. The lowest BCUT2D eigenvalue weighted by Crippen LogP contribution is -2.41. The van der Waals surface area contributed by atoms with Gasteiger partial charge in [0.1, 0.15) is 5.73 Å². The molecule has 0 atom stereocenters. The molecule has 1 fully saturated rings. The highest BCUT2D eigenvalue weighted by Gasteiger charge is 2.53. The van der Waals surface area contributed by atoms with Crippen molar-refractivity contribution in [2.24, 2.45) is 0 Å². The Morgan fingerprint density at radius 1 is 1.21 bits per heavy atom. The van der Waals surface area contributed by atoms with Gasteiger partial charge < -0.3 is 14.4 Å². The average Bonchev–Trinajstić information content (AvgIpc) is 2.73. The van der Waals surface area contributed by atoms with Gasteiger partial charge in [-0.15, -0.1) is 0 Å². The molecule has 24 heavy (non-hydrogen) atoms. The normalized spacial score (nSPS) is 19.1. The first-order chi connectivity index (χ1) is 11.3. The predicted molar refractivity (Wildman–Crippen MR) is 94.8 cm³/mol. The number of aliphatic hydroxyl groups excluding tert-OH is 1. The molecule has 1 aliphatic rings. The van der Waals surface area contributed by atoms with Crippen LogP contribution in [0.3, 0.4) is 0 Å². The van der Waals surface area contributed by atoms with E-state index in [1.165, 1.54) is 6.08 Å². The minimum Gasteiger partial charge on any atom is -0.398 e. The molecule has 0 aromatic heterocycles. The molecule has 128 valence electrons. The van der Waals surface area contributed by atoms with E-state index >= 15 is 0 Å². The minimum absolute atomic E-state index is 0.118. The van der Waals surface area contributed by atoms with E-state index in [-0.39, 0.29) is 6.61 Å². The van der Waals surface area contributed by atoms with Gasteiger partial charge in [0.05, 0.1) is 11.2 Å². The molecule has 0 spiro atoms. The second-order valence-corrected chi connectivity index (χ2v) is 6.83. The summed E-state index contributed by atoms with van der Waals surface area (Å²) < 4.78 is 26.1. The Bertz CT molecular complexity index is 655. The third-order valence-corrected chi connectivity index (χ3v) is 4.42. The van der Waals surface area contributed by atoms with E-state index in [4.69, 9.17) is 14.4 Å². The third-order valence-electron chi connectivity index (χ3n) is 4.42. The van der Waals surface area contributed by atoms with Crippen molar-refractivity contribution >= 4 is 13.2 Å². The maximum absolute atomic E-state index is 14.6. The lowest BCUT2D eigenvalue weighted by molar-refractivity contribution is 0.00578. The molecule has 0 aliphatic carbocycles. The fourth-order valence-electron chi connectivity index (χ4n) is 2.23. The molecule has 1 aliphatic heterocycles. The van der Waals surface area contributed by atoms with Crippen molar-refractivity contribution in [2.75, 3.05) is 6.61 Å². The first kappa shape index (κ1) is 18.7. The zero-order valence-corrected chi connectivity index (χ0v) is 14.7. The Morgan fingerprint density at radius 3 is 2.46 bits per heavy atom. The number of aliphatic hydroxyl groups is 1. The van der Waals surface area contributed by atoms with Crippen molar-refractivity contribution < 1.29 is 18.8 Å². The summed E-state index contributed by atoms with van der Waals surface area (Å²) in [6.45, 7) is 7.68. The topological polar surface area (TPSA) is 38.7 Å². The highest BCUT2D eigenvalue weighted by Crippen LogP contribution is 2.39.